The predicted molar refractivity (Wildman–Crippen MR) is 43.3 cm³/mol. The van der Waals surface area contributed by atoms with E-state index in [0.717, 1.165) is 12.0 Å². The van der Waals surface area contributed by atoms with Gasteiger partial charge in [-0.1, -0.05) is 6.92 Å². The fraction of sp³-hybridized carbons (Fsp3) is 0.375. The van der Waals surface area contributed by atoms with Crippen LogP contribution in [0.1, 0.15) is 23.0 Å². The Morgan fingerprint density at radius 2 is 2.36 bits per heavy atom. The molecule has 11 heavy (non-hydrogen) atoms. The Hall–Kier alpha value is -1.25. The van der Waals surface area contributed by atoms with Gasteiger partial charge in [0.2, 0.25) is 0 Å². The molecule has 60 valence electrons. The van der Waals surface area contributed by atoms with Gasteiger partial charge in [0.05, 0.1) is 0 Å². The highest BCUT2D eigenvalue weighted by molar-refractivity contribution is 5.92. The van der Waals surface area contributed by atoms with Crippen molar-refractivity contribution in [2.24, 2.45) is 12.8 Å². The molecule has 0 spiro atoms. The van der Waals surface area contributed by atoms with Crippen molar-refractivity contribution in [1.82, 2.24) is 4.57 Å². The van der Waals surface area contributed by atoms with Gasteiger partial charge >= 0.3 is 0 Å². The number of carbonyl (C=O) groups excluding carboxylic acids is 1. The van der Waals surface area contributed by atoms with E-state index in [1.165, 1.54) is 0 Å². The molecule has 3 heteroatoms. The summed E-state index contributed by atoms with van der Waals surface area (Å²) in [7, 11) is 1.82. The second-order valence-corrected chi connectivity index (χ2v) is 2.52. The summed E-state index contributed by atoms with van der Waals surface area (Å²) in [5.41, 5.74) is 6.81. The van der Waals surface area contributed by atoms with Gasteiger partial charge in [0.25, 0.3) is 5.91 Å². The maximum absolute atomic E-state index is 10.9. The monoisotopic (exact) mass is 152 g/mol. The molecule has 0 fully saturated rings. The van der Waals surface area contributed by atoms with Crippen molar-refractivity contribution in [3.05, 3.63) is 23.5 Å². The van der Waals surface area contributed by atoms with Crippen molar-refractivity contribution in [3.8, 4) is 0 Å². The second kappa shape index (κ2) is 2.78. The Kier molecular flexibility index (Phi) is 1.98. The third-order valence-corrected chi connectivity index (χ3v) is 1.77. The summed E-state index contributed by atoms with van der Waals surface area (Å²) in [5.74, 6) is -0.352. The van der Waals surface area contributed by atoms with E-state index in [0.29, 0.717) is 5.69 Å². The minimum Gasteiger partial charge on any atom is -0.364 e. The summed E-state index contributed by atoms with van der Waals surface area (Å²) in [6.07, 6.45) is 2.69. The second-order valence-electron chi connectivity index (χ2n) is 2.52. The molecular formula is C8H12N2O. The normalized spacial score (nSPS) is 10.0. The van der Waals surface area contributed by atoms with E-state index in [1.807, 2.05) is 26.2 Å². The fourth-order valence-corrected chi connectivity index (χ4v) is 1.20. The van der Waals surface area contributed by atoms with Crippen LogP contribution in [0.3, 0.4) is 0 Å². The minimum absolute atomic E-state index is 0.352. The number of aryl methyl sites for hydroxylation is 2. The topological polar surface area (TPSA) is 48.0 Å². The van der Waals surface area contributed by atoms with E-state index in [1.54, 1.807) is 4.57 Å². The fourth-order valence-electron chi connectivity index (χ4n) is 1.20. The van der Waals surface area contributed by atoms with Gasteiger partial charge in [-0.05, 0) is 18.1 Å². The van der Waals surface area contributed by atoms with Crippen LogP contribution in [0.15, 0.2) is 12.3 Å². The number of primary amides is 1. The van der Waals surface area contributed by atoms with Gasteiger partial charge in [-0.2, -0.15) is 0 Å². The Bertz CT molecular complexity index is 276. The molecule has 0 saturated heterocycles. The summed E-state index contributed by atoms with van der Waals surface area (Å²) in [5, 5.41) is 0. The molecular weight excluding hydrogens is 140 g/mol. The highest BCUT2D eigenvalue weighted by Crippen LogP contribution is 2.09. The lowest BCUT2D eigenvalue weighted by Crippen LogP contribution is -2.16. The van der Waals surface area contributed by atoms with Crippen LogP contribution in [-0.4, -0.2) is 10.5 Å². The van der Waals surface area contributed by atoms with Crippen molar-refractivity contribution in [1.29, 1.82) is 0 Å². The molecule has 0 bridgehead atoms. The molecule has 0 aromatic carbocycles. The summed E-state index contributed by atoms with van der Waals surface area (Å²) in [4.78, 5) is 10.9. The summed E-state index contributed by atoms with van der Waals surface area (Å²) in [6, 6.07) is 1.92. The standard InChI is InChI=1S/C8H12N2O/c1-3-6-4-5-10(2)7(6)8(9)11/h4-5H,3H2,1-2H3,(H2,9,11). The lowest BCUT2D eigenvalue weighted by Gasteiger charge is -1.99. The average Bonchev–Trinajstić information content (AvgIpc) is 2.30. The minimum atomic E-state index is -0.352. The Morgan fingerprint density at radius 1 is 1.73 bits per heavy atom. The van der Waals surface area contributed by atoms with Gasteiger partial charge in [-0.3, -0.25) is 4.79 Å². The van der Waals surface area contributed by atoms with Gasteiger partial charge in [0, 0.05) is 13.2 Å². The first kappa shape index (κ1) is 7.85. The van der Waals surface area contributed by atoms with Crippen molar-refractivity contribution in [3.63, 3.8) is 0 Å². The highest BCUT2D eigenvalue weighted by atomic mass is 16.1. The first-order valence-electron chi connectivity index (χ1n) is 3.60. The van der Waals surface area contributed by atoms with Crippen LogP contribution in [0.4, 0.5) is 0 Å². The van der Waals surface area contributed by atoms with Gasteiger partial charge in [-0.15, -0.1) is 0 Å². The van der Waals surface area contributed by atoms with Crippen LogP contribution < -0.4 is 5.73 Å². The lowest BCUT2D eigenvalue weighted by atomic mass is 10.2. The molecule has 0 saturated carbocycles. The molecule has 1 rings (SSSR count). The number of aromatic nitrogens is 1. The molecule has 1 aromatic heterocycles. The largest absolute Gasteiger partial charge is 0.364 e. The first-order chi connectivity index (χ1) is 5.16. The Balaban J connectivity index is 3.17. The maximum atomic E-state index is 10.9. The number of nitrogens with zero attached hydrogens (tertiary/aromatic N) is 1. The number of rotatable bonds is 2. The van der Waals surface area contributed by atoms with Gasteiger partial charge in [0.1, 0.15) is 5.69 Å². The molecule has 0 aliphatic carbocycles. The van der Waals surface area contributed by atoms with Crippen LogP contribution >= 0.6 is 0 Å². The molecule has 2 N–H and O–H groups in total. The predicted octanol–water partition coefficient (Wildman–Crippen LogP) is 0.686. The third kappa shape index (κ3) is 1.27. The number of hydrogen-bond acceptors (Lipinski definition) is 1. The summed E-state index contributed by atoms with van der Waals surface area (Å²) in [6.45, 7) is 2.00. The SMILES string of the molecule is CCc1ccn(C)c1C(N)=O. The van der Waals surface area contributed by atoms with Gasteiger partial charge in [-0.25, -0.2) is 0 Å². The van der Waals surface area contributed by atoms with E-state index in [9.17, 15) is 4.79 Å². The number of carbonyl (C=O) groups is 1. The molecule has 1 heterocycles. The van der Waals surface area contributed by atoms with Crippen LogP contribution in [0, 0.1) is 0 Å². The molecule has 3 nitrogen and oxygen atoms in total. The molecule has 0 radical (unpaired) electrons. The van der Waals surface area contributed by atoms with Gasteiger partial charge < -0.3 is 10.3 Å². The van der Waals surface area contributed by atoms with E-state index in [-0.39, 0.29) is 5.91 Å². The molecule has 0 aliphatic heterocycles. The average molecular weight is 152 g/mol. The molecule has 0 unspecified atom stereocenters. The first-order valence-corrected chi connectivity index (χ1v) is 3.60. The van der Waals surface area contributed by atoms with E-state index in [2.05, 4.69) is 0 Å². The zero-order chi connectivity index (χ0) is 8.43. The van der Waals surface area contributed by atoms with E-state index >= 15 is 0 Å². The lowest BCUT2D eigenvalue weighted by molar-refractivity contribution is 0.0991. The summed E-state index contributed by atoms with van der Waals surface area (Å²) >= 11 is 0. The van der Waals surface area contributed by atoms with Crippen LogP contribution in [-0.2, 0) is 13.5 Å². The molecule has 1 aromatic rings. The van der Waals surface area contributed by atoms with Crippen LogP contribution in [0.25, 0.3) is 0 Å². The quantitative estimate of drug-likeness (QED) is 0.665. The highest BCUT2D eigenvalue weighted by Gasteiger charge is 2.09. The molecule has 1 amide bonds. The zero-order valence-corrected chi connectivity index (χ0v) is 6.79. The van der Waals surface area contributed by atoms with E-state index < -0.39 is 0 Å². The van der Waals surface area contributed by atoms with Crippen molar-refractivity contribution in [2.45, 2.75) is 13.3 Å². The number of hydrogen-bond donors (Lipinski definition) is 1. The van der Waals surface area contributed by atoms with E-state index in [4.69, 9.17) is 5.73 Å². The molecule has 0 atom stereocenters. The third-order valence-electron chi connectivity index (χ3n) is 1.77. The van der Waals surface area contributed by atoms with Gasteiger partial charge in [0.15, 0.2) is 0 Å². The zero-order valence-electron chi connectivity index (χ0n) is 6.79. The van der Waals surface area contributed by atoms with Crippen molar-refractivity contribution >= 4 is 5.91 Å². The molecule has 0 aliphatic rings. The van der Waals surface area contributed by atoms with Crippen molar-refractivity contribution < 1.29 is 4.79 Å². The maximum Gasteiger partial charge on any atom is 0.265 e. The Labute approximate surface area is 65.8 Å². The van der Waals surface area contributed by atoms with Crippen LogP contribution in [0.2, 0.25) is 0 Å². The smallest absolute Gasteiger partial charge is 0.265 e. The van der Waals surface area contributed by atoms with Crippen molar-refractivity contribution in [2.75, 3.05) is 0 Å². The Morgan fingerprint density at radius 3 is 2.73 bits per heavy atom. The number of amides is 1. The number of nitrogens with two attached hydrogens (primary N) is 1. The van der Waals surface area contributed by atoms with Crippen LogP contribution in [0.5, 0.6) is 0 Å². The summed E-state index contributed by atoms with van der Waals surface area (Å²) < 4.78 is 1.75.